The molecule has 0 aliphatic heterocycles. The lowest BCUT2D eigenvalue weighted by molar-refractivity contribution is 0.242. The summed E-state index contributed by atoms with van der Waals surface area (Å²) in [7, 11) is 0. The number of hydrogen-bond acceptors (Lipinski definition) is 3. The molecule has 0 amide bonds. The van der Waals surface area contributed by atoms with Gasteiger partial charge in [-0.2, -0.15) is 0 Å². The lowest BCUT2D eigenvalue weighted by Crippen LogP contribution is -2.05. The number of phenolic OH excluding ortho intramolecular Hbond substituents is 1. The van der Waals surface area contributed by atoms with Gasteiger partial charge in [-0.3, -0.25) is 0 Å². The molecule has 0 atom stereocenters. The molecular formula is C16H19NO2. The number of rotatable bonds is 5. The van der Waals surface area contributed by atoms with Crippen LogP contribution in [0.5, 0.6) is 11.5 Å². The topological polar surface area (TPSA) is 41.5 Å². The van der Waals surface area contributed by atoms with Crippen molar-refractivity contribution in [2.45, 2.75) is 26.5 Å². The standard InChI is InChI=1S/C16H19NO2/c1-12(2)19-16-9-3-13(4-10-16)11-17-14-5-7-15(18)8-6-14/h3-10,12,17-18H,11H2,1-2H3. The Labute approximate surface area is 113 Å². The van der Waals surface area contributed by atoms with Crippen molar-refractivity contribution in [2.75, 3.05) is 5.32 Å². The van der Waals surface area contributed by atoms with Gasteiger partial charge in [0.05, 0.1) is 6.10 Å². The van der Waals surface area contributed by atoms with Crippen LogP contribution in [0.25, 0.3) is 0 Å². The van der Waals surface area contributed by atoms with Gasteiger partial charge >= 0.3 is 0 Å². The summed E-state index contributed by atoms with van der Waals surface area (Å²) in [5.41, 5.74) is 2.17. The predicted molar refractivity (Wildman–Crippen MR) is 77.6 cm³/mol. The average Bonchev–Trinajstić information content (AvgIpc) is 2.39. The fourth-order valence-corrected chi connectivity index (χ4v) is 1.74. The molecule has 0 bridgehead atoms. The molecule has 0 fully saturated rings. The van der Waals surface area contributed by atoms with Gasteiger partial charge in [0.2, 0.25) is 0 Å². The molecule has 0 radical (unpaired) electrons. The van der Waals surface area contributed by atoms with Crippen LogP contribution in [0.4, 0.5) is 5.69 Å². The van der Waals surface area contributed by atoms with E-state index in [1.807, 2.05) is 50.2 Å². The number of nitrogens with one attached hydrogen (secondary N) is 1. The van der Waals surface area contributed by atoms with Gasteiger partial charge in [0.25, 0.3) is 0 Å². The molecule has 0 spiro atoms. The van der Waals surface area contributed by atoms with Gasteiger partial charge in [-0.15, -0.1) is 0 Å². The second kappa shape index (κ2) is 6.14. The van der Waals surface area contributed by atoms with Gasteiger partial charge < -0.3 is 15.2 Å². The Balaban J connectivity index is 1.91. The third-order valence-corrected chi connectivity index (χ3v) is 2.66. The number of ether oxygens (including phenoxy) is 1. The molecule has 2 N–H and O–H groups in total. The monoisotopic (exact) mass is 257 g/mol. The van der Waals surface area contributed by atoms with Crippen molar-refractivity contribution in [1.29, 1.82) is 0 Å². The first-order chi connectivity index (χ1) is 9.13. The molecule has 0 heterocycles. The van der Waals surface area contributed by atoms with E-state index in [1.165, 1.54) is 5.56 Å². The van der Waals surface area contributed by atoms with Crippen LogP contribution in [-0.2, 0) is 6.54 Å². The molecule has 0 aromatic heterocycles. The predicted octanol–water partition coefficient (Wildman–Crippen LogP) is 3.79. The fourth-order valence-electron chi connectivity index (χ4n) is 1.74. The molecule has 0 aliphatic carbocycles. The molecule has 2 aromatic rings. The van der Waals surface area contributed by atoms with Crippen LogP contribution in [0.1, 0.15) is 19.4 Å². The number of anilines is 1. The molecule has 2 rings (SSSR count). The van der Waals surface area contributed by atoms with Gasteiger partial charge in [-0.1, -0.05) is 12.1 Å². The number of benzene rings is 2. The summed E-state index contributed by atoms with van der Waals surface area (Å²) in [4.78, 5) is 0. The van der Waals surface area contributed by atoms with Gasteiger partial charge in [0.15, 0.2) is 0 Å². The maximum Gasteiger partial charge on any atom is 0.119 e. The minimum atomic E-state index is 0.195. The lowest BCUT2D eigenvalue weighted by atomic mass is 10.2. The van der Waals surface area contributed by atoms with E-state index in [2.05, 4.69) is 5.32 Å². The van der Waals surface area contributed by atoms with Crippen molar-refractivity contribution in [2.24, 2.45) is 0 Å². The Hall–Kier alpha value is -2.16. The molecule has 2 aromatic carbocycles. The minimum Gasteiger partial charge on any atom is -0.508 e. The maximum absolute atomic E-state index is 9.20. The van der Waals surface area contributed by atoms with E-state index in [4.69, 9.17) is 4.74 Å². The van der Waals surface area contributed by atoms with Gasteiger partial charge in [-0.25, -0.2) is 0 Å². The van der Waals surface area contributed by atoms with E-state index < -0.39 is 0 Å². The lowest BCUT2D eigenvalue weighted by Gasteiger charge is -2.11. The summed E-state index contributed by atoms with van der Waals surface area (Å²) in [5, 5.41) is 12.5. The first kappa shape index (κ1) is 13.3. The smallest absolute Gasteiger partial charge is 0.119 e. The zero-order valence-electron chi connectivity index (χ0n) is 11.3. The highest BCUT2D eigenvalue weighted by molar-refractivity contribution is 5.46. The summed E-state index contributed by atoms with van der Waals surface area (Å²) >= 11 is 0. The summed E-state index contributed by atoms with van der Waals surface area (Å²) < 4.78 is 5.60. The summed E-state index contributed by atoms with van der Waals surface area (Å²) in [6.07, 6.45) is 0.195. The van der Waals surface area contributed by atoms with Crippen molar-refractivity contribution in [3.05, 3.63) is 54.1 Å². The molecule has 19 heavy (non-hydrogen) atoms. The van der Waals surface area contributed by atoms with E-state index in [0.717, 1.165) is 18.0 Å². The molecule has 0 aliphatic rings. The van der Waals surface area contributed by atoms with Crippen LogP contribution < -0.4 is 10.1 Å². The van der Waals surface area contributed by atoms with Crippen molar-refractivity contribution >= 4 is 5.69 Å². The van der Waals surface area contributed by atoms with E-state index in [0.29, 0.717) is 0 Å². The second-order valence-electron chi connectivity index (χ2n) is 4.71. The van der Waals surface area contributed by atoms with Crippen LogP contribution in [0.15, 0.2) is 48.5 Å². The molecule has 3 nitrogen and oxygen atoms in total. The van der Waals surface area contributed by atoms with Crippen molar-refractivity contribution in [3.8, 4) is 11.5 Å². The summed E-state index contributed by atoms with van der Waals surface area (Å²) in [6.45, 7) is 4.77. The zero-order valence-corrected chi connectivity index (χ0v) is 11.3. The quantitative estimate of drug-likeness (QED) is 0.801. The van der Waals surface area contributed by atoms with Crippen LogP contribution in [0.2, 0.25) is 0 Å². The van der Waals surface area contributed by atoms with Crippen LogP contribution in [-0.4, -0.2) is 11.2 Å². The number of aromatic hydroxyl groups is 1. The zero-order chi connectivity index (χ0) is 13.7. The van der Waals surface area contributed by atoms with Crippen LogP contribution >= 0.6 is 0 Å². The van der Waals surface area contributed by atoms with E-state index >= 15 is 0 Å². The van der Waals surface area contributed by atoms with Crippen molar-refractivity contribution in [1.82, 2.24) is 0 Å². The van der Waals surface area contributed by atoms with Crippen molar-refractivity contribution < 1.29 is 9.84 Å². The molecule has 100 valence electrons. The van der Waals surface area contributed by atoms with E-state index in [-0.39, 0.29) is 11.9 Å². The molecule has 3 heteroatoms. The van der Waals surface area contributed by atoms with Crippen molar-refractivity contribution in [3.63, 3.8) is 0 Å². The molecule has 0 unspecified atom stereocenters. The highest BCUT2D eigenvalue weighted by atomic mass is 16.5. The Bertz CT molecular complexity index is 503. The van der Waals surface area contributed by atoms with Gasteiger partial charge in [-0.05, 0) is 55.8 Å². The SMILES string of the molecule is CC(C)Oc1ccc(CNc2ccc(O)cc2)cc1. The first-order valence-corrected chi connectivity index (χ1v) is 6.42. The van der Waals surface area contributed by atoms with Crippen LogP contribution in [0, 0.1) is 0 Å². The Morgan fingerprint density at radius 2 is 1.63 bits per heavy atom. The van der Waals surface area contributed by atoms with Crippen LogP contribution in [0.3, 0.4) is 0 Å². The van der Waals surface area contributed by atoms with Gasteiger partial charge in [0, 0.05) is 12.2 Å². The Morgan fingerprint density at radius 3 is 2.21 bits per heavy atom. The average molecular weight is 257 g/mol. The fraction of sp³-hybridized carbons (Fsp3) is 0.250. The summed E-state index contributed by atoms with van der Waals surface area (Å²) in [6, 6.07) is 15.1. The highest BCUT2D eigenvalue weighted by Crippen LogP contribution is 2.17. The third kappa shape index (κ3) is 4.21. The normalized spacial score (nSPS) is 10.5. The maximum atomic E-state index is 9.20. The largest absolute Gasteiger partial charge is 0.508 e. The number of hydrogen-bond donors (Lipinski definition) is 2. The van der Waals surface area contributed by atoms with E-state index in [9.17, 15) is 5.11 Å². The Kier molecular flexibility index (Phi) is 4.29. The van der Waals surface area contributed by atoms with E-state index in [1.54, 1.807) is 12.1 Å². The number of phenols is 1. The third-order valence-electron chi connectivity index (χ3n) is 2.66. The van der Waals surface area contributed by atoms with Gasteiger partial charge in [0.1, 0.15) is 11.5 Å². The summed E-state index contributed by atoms with van der Waals surface area (Å²) in [5.74, 6) is 1.17. The molecule has 0 saturated carbocycles. The highest BCUT2D eigenvalue weighted by Gasteiger charge is 1.98. The minimum absolute atomic E-state index is 0.195. The Morgan fingerprint density at radius 1 is 1.00 bits per heavy atom. The molecular weight excluding hydrogens is 238 g/mol. The second-order valence-corrected chi connectivity index (χ2v) is 4.71. The first-order valence-electron chi connectivity index (χ1n) is 6.42. The molecule has 0 saturated heterocycles.